The molecule has 0 radical (unpaired) electrons. The minimum Gasteiger partial charge on any atom is -0.398 e. The Hall–Kier alpha value is -2.01. The lowest BCUT2D eigenvalue weighted by atomic mass is 10.1. The molecule has 2 rings (SSSR count). The first-order valence-electron chi connectivity index (χ1n) is 5.38. The van der Waals surface area contributed by atoms with Crippen LogP contribution in [0.25, 0.3) is 0 Å². The van der Waals surface area contributed by atoms with Crippen molar-refractivity contribution in [3.05, 3.63) is 46.7 Å². The largest absolute Gasteiger partial charge is 0.398 e. The number of carbonyl (C=O) groups is 1. The van der Waals surface area contributed by atoms with Gasteiger partial charge in [-0.1, -0.05) is 11.6 Å². The Kier molecular flexibility index (Phi) is 3.53. The fourth-order valence-corrected chi connectivity index (χ4v) is 1.74. The number of nitrogen functional groups attached to an aromatic ring is 1. The van der Waals surface area contributed by atoms with Gasteiger partial charge in [-0.2, -0.15) is 5.10 Å². The van der Waals surface area contributed by atoms with Crippen LogP contribution in [0.4, 0.5) is 5.69 Å². The van der Waals surface area contributed by atoms with E-state index in [-0.39, 0.29) is 5.91 Å². The molecular weight excluding hydrogens is 252 g/mol. The van der Waals surface area contributed by atoms with Gasteiger partial charge in [0.1, 0.15) is 0 Å². The van der Waals surface area contributed by atoms with Crippen molar-refractivity contribution in [3.8, 4) is 0 Å². The van der Waals surface area contributed by atoms with E-state index in [1.807, 2.05) is 19.3 Å². The van der Waals surface area contributed by atoms with E-state index in [2.05, 4.69) is 10.4 Å². The van der Waals surface area contributed by atoms with Gasteiger partial charge in [0.2, 0.25) is 0 Å². The smallest absolute Gasteiger partial charge is 0.253 e. The minimum atomic E-state index is -0.241. The molecule has 0 aliphatic heterocycles. The van der Waals surface area contributed by atoms with Crippen LogP contribution in [-0.4, -0.2) is 15.7 Å². The summed E-state index contributed by atoms with van der Waals surface area (Å²) in [5.41, 5.74) is 7.29. The van der Waals surface area contributed by atoms with Gasteiger partial charge in [0.15, 0.2) is 0 Å². The molecule has 0 aliphatic carbocycles. The molecule has 6 heteroatoms. The van der Waals surface area contributed by atoms with Gasteiger partial charge in [-0.05, 0) is 24.3 Å². The first kappa shape index (κ1) is 12.4. The summed E-state index contributed by atoms with van der Waals surface area (Å²) in [5, 5.41) is 7.42. The number of carbonyl (C=O) groups excluding carboxylic acids is 1. The van der Waals surface area contributed by atoms with Crippen molar-refractivity contribution in [2.45, 2.75) is 6.54 Å². The number of hydrogen-bond donors (Lipinski definition) is 2. The molecule has 1 aromatic carbocycles. The number of rotatable bonds is 3. The lowest BCUT2D eigenvalue weighted by Gasteiger charge is -2.06. The summed E-state index contributed by atoms with van der Waals surface area (Å²) in [5.74, 6) is -0.241. The number of amides is 1. The first-order chi connectivity index (χ1) is 8.56. The fraction of sp³-hybridized carbons (Fsp3) is 0.167. The number of hydrogen-bond acceptors (Lipinski definition) is 3. The van der Waals surface area contributed by atoms with Crippen molar-refractivity contribution in [2.24, 2.45) is 7.05 Å². The van der Waals surface area contributed by atoms with Crippen LogP contribution in [0.3, 0.4) is 0 Å². The number of halogens is 1. The molecule has 0 spiro atoms. The molecule has 94 valence electrons. The Bertz CT molecular complexity index is 579. The monoisotopic (exact) mass is 264 g/mol. The zero-order valence-electron chi connectivity index (χ0n) is 9.85. The second-order valence-corrected chi connectivity index (χ2v) is 4.33. The highest BCUT2D eigenvalue weighted by Gasteiger charge is 2.10. The van der Waals surface area contributed by atoms with E-state index in [0.717, 1.165) is 5.69 Å². The van der Waals surface area contributed by atoms with Crippen molar-refractivity contribution < 1.29 is 4.79 Å². The van der Waals surface area contributed by atoms with Gasteiger partial charge in [-0.15, -0.1) is 0 Å². The molecule has 18 heavy (non-hydrogen) atoms. The van der Waals surface area contributed by atoms with Crippen LogP contribution in [0.1, 0.15) is 16.1 Å². The summed E-state index contributed by atoms with van der Waals surface area (Å²) in [4.78, 5) is 11.9. The van der Waals surface area contributed by atoms with Crippen LogP contribution < -0.4 is 11.1 Å². The van der Waals surface area contributed by atoms with Crippen molar-refractivity contribution in [2.75, 3.05) is 5.73 Å². The van der Waals surface area contributed by atoms with Crippen molar-refractivity contribution >= 4 is 23.2 Å². The molecule has 0 atom stereocenters. The summed E-state index contributed by atoms with van der Waals surface area (Å²) in [7, 11) is 1.82. The van der Waals surface area contributed by atoms with Crippen LogP contribution in [0, 0.1) is 0 Å². The standard InChI is InChI=1S/C12H13ClN4O/c1-17-5-4-9(16-17)7-15-12(18)10-3-2-8(13)6-11(10)14/h2-6H,7,14H2,1H3,(H,15,18). The van der Waals surface area contributed by atoms with E-state index in [4.69, 9.17) is 17.3 Å². The Balaban J connectivity index is 2.03. The minimum absolute atomic E-state index is 0.241. The molecule has 1 aromatic heterocycles. The highest BCUT2D eigenvalue weighted by molar-refractivity contribution is 6.31. The zero-order valence-corrected chi connectivity index (χ0v) is 10.6. The number of anilines is 1. The molecule has 0 unspecified atom stereocenters. The highest BCUT2D eigenvalue weighted by Crippen LogP contribution is 2.17. The molecule has 5 nitrogen and oxygen atoms in total. The quantitative estimate of drug-likeness (QED) is 0.827. The predicted octanol–water partition coefficient (Wildman–Crippen LogP) is 1.59. The van der Waals surface area contributed by atoms with Gasteiger partial charge < -0.3 is 11.1 Å². The number of aryl methyl sites for hydroxylation is 1. The normalized spacial score (nSPS) is 10.3. The molecule has 3 N–H and O–H groups in total. The van der Waals surface area contributed by atoms with E-state index in [1.54, 1.807) is 22.9 Å². The molecule has 1 amide bonds. The molecular formula is C12H13ClN4O. The number of benzene rings is 1. The van der Waals surface area contributed by atoms with Crippen molar-refractivity contribution in [1.82, 2.24) is 15.1 Å². The van der Waals surface area contributed by atoms with Gasteiger partial charge in [0.25, 0.3) is 5.91 Å². The second-order valence-electron chi connectivity index (χ2n) is 3.89. The van der Waals surface area contributed by atoms with Gasteiger partial charge in [0, 0.05) is 24.0 Å². The number of aromatic nitrogens is 2. The summed E-state index contributed by atoms with van der Waals surface area (Å²) in [6.07, 6.45) is 1.82. The first-order valence-corrected chi connectivity index (χ1v) is 5.76. The number of nitrogens with zero attached hydrogens (tertiary/aromatic N) is 2. The number of nitrogens with one attached hydrogen (secondary N) is 1. The summed E-state index contributed by atoms with van der Waals surface area (Å²) in [6, 6.07) is 6.63. The van der Waals surface area contributed by atoms with Crippen LogP contribution >= 0.6 is 11.6 Å². The molecule has 0 bridgehead atoms. The van der Waals surface area contributed by atoms with E-state index < -0.39 is 0 Å². The Morgan fingerprint density at radius 2 is 2.28 bits per heavy atom. The van der Waals surface area contributed by atoms with Crippen LogP contribution in [-0.2, 0) is 13.6 Å². The van der Waals surface area contributed by atoms with E-state index in [1.165, 1.54) is 0 Å². The average Bonchev–Trinajstić information content (AvgIpc) is 2.72. The molecule has 0 saturated heterocycles. The predicted molar refractivity (Wildman–Crippen MR) is 70.2 cm³/mol. The van der Waals surface area contributed by atoms with Gasteiger partial charge in [-0.25, -0.2) is 0 Å². The Morgan fingerprint density at radius 3 is 2.89 bits per heavy atom. The molecule has 2 aromatic rings. The van der Waals surface area contributed by atoms with E-state index in [9.17, 15) is 4.79 Å². The van der Waals surface area contributed by atoms with Crippen LogP contribution in [0.2, 0.25) is 5.02 Å². The van der Waals surface area contributed by atoms with Gasteiger partial charge in [-0.3, -0.25) is 9.48 Å². The maximum absolute atomic E-state index is 11.9. The Morgan fingerprint density at radius 1 is 1.50 bits per heavy atom. The SMILES string of the molecule is Cn1ccc(CNC(=O)c2ccc(Cl)cc2N)n1. The third kappa shape index (κ3) is 2.81. The van der Waals surface area contributed by atoms with Crippen LogP contribution in [0.15, 0.2) is 30.5 Å². The average molecular weight is 265 g/mol. The molecule has 0 saturated carbocycles. The van der Waals surface area contributed by atoms with Gasteiger partial charge >= 0.3 is 0 Å². The molecule has 0 fully saturated rings. The lowest BCUT2D eigenvalue weighted by Crippen LogP contribution is -2.24. The summed E-state index contributed by atoms with van der Waals surface area (Å²) < 4.78 is 1.68. The third-order valence-corrected chi connectivity index (χ3v) is 2.69. The molecule has 0 aliphatic rings. The second kappa shape index (κ2) is 5.10. The fourth-order valence-electron chi connectivity index (χ4n) is 1.56. The Labute approximate surface area is 110 Å². The van der Waals surface area contributed by atoms with Crippen molar-refractivity contribution in [1.29, 1.82) is 0 Å². The third-order valence-electron chi connectivity index (χ3n) is 2.46. The van der Waals surface area contributed by atoms with Crippen LogP contribution in [0.5, 0.6) is 0 Å². The van der Waals surface area contributed by atoms with E-state index >= 15 is 0 Å². The highest BCUT2D eigenvalue weighted by atomic mass is 35.5. The maximum atomic E-state index is 11.9. The summed E-state index contributed by atoms with van der Waals surface area (Å²) in [6.45, 7) is 0.363. The maximum Gasteiger partial charge on any atom is 0.253 e. The summed E-state index contributed by atoms with van der Waals surface area (Å²) >= 11 is 5.77. The number of nitrogens with two attached hydrogens (primary N) is 1. The zero-order chi connectivity index (χ0) is 13.1. The van der Waals surface area contributed by atoms with Gasteiger partial charge in [0.05, 0.1) is 17.8 Å². The van der Waals surface area contributed by atoms with Crippen molar-refractivity contribution in [3.63, 3.8) is 0 Å². The molecule has 1 heterocycles. The topological polar surface area (TPSA) is 72.9 Å². The van der Waals surface area contributed by atoms with E-state index in [0.29, 0.717) is 22.8 Å². The lowest BCUT2D eigenvalue weighted by molar-refractivity contribution is 0.0951.